The normalized spacial score (nSPS) is 10.8. The molecule has 0 aromatic heterocycles. The van der Waals surface area contributed by atoms with Gasteiger partial charge in [0.05, 0.1) is 0 Å². The predicted octanol–water partition coefficient (Wildman–Crippen LogP) is 3.45. The molecule has 0 radical (unpaired) electrons. The maximum Gasteiger partial charge on any atom is 0.123 e. The molecule has 0 saturated heterocycles. The number of hydrogen-bond acceptors (Lipinski definition) is 2. The number of benzene rings is 2. The summed E-state index contributed by atoms with van der Waals surface area (Å²) in [4.78, 5) is 3.94. The zero-order chi connectivity index (χ0) is 12.8. The smallest absolute Gasteiger partial charge is 0.123 e. The van der Waals surface area contributed by atoms with Gasteiger partial charge in [0.1, 0.15) is 18.2 Å². The van der Waals surface area contributed by atoms with Gasteiger partial charge in [0.2, 0.25) is 0 Å². The molecule has 0 spiro atoms. The summed E-state index contributed by atoms with van der Waals surface area (Å²) in [6, 6.07) is 13.9. The van der Waals surface area contributed by atoms with Crippen LogP contribution in [-0.2, 0) is 6.61 Å². The monoisotopic (exact) mass is 243 g/mol. The highest BCUT2D eigenvalue weighted by Gasteiger charge is 1.97. The van der Waals surface area contributed by atoms with Crippen molar-refractivity contribution in [1.82, 2.24) is 0 Å². The van der Waals surface area contributed by atoms with E-state index >= 15 is 0 Å². The largest absolute Gasteiger partial charge is 0.489 e. The Morgan fingerprint density at radius 3 is 2.33 bits per heavy atom. The first-order valence-electron chi connectivity index (χ1n) is 5.67. The van der Waals surface area contributed by atoms with Crippen molar-refractivity contribution in [2.45, 2.75) is 6.61 Å². The molecule has 18 heavy (non-hydrogen) atoms. The van der Waals surface area contributed by atoms with Crippen LogP contribution in [0.2, 0.25) is 0 Å². The summed E-state index contributed by atoms with van der Waals surface area (Å²) in [6.45, 7) is 0.432. The molecule has 0 aliphatic carbocycles. The third kappa shape index (κ3) is 3.42. The van der Waals surface area contributed by atoms with Gasteiger partial charge in [-0.3, -0.25) is 4.99 Å². The van der Waals surface area contributed by atoms with Crippen molar-refractivity contribution >= 4 is 6.21 Å². The summed E-state index contributed by atoms with van der Waals surface area (Å²) in [7, 11) is 1.74. The Balaban J connectivity index is 1.95. The molecule has 0 N–H and O–H groups in total. The highest BCUT2D eigenvalue weighted by Crippen LogP contribution is 2.13. The average Bonchev–Trinajstić information content (AvgIpc) is 2.40. The van der Waals surface area contributed by atoms with Gasteiger partial charge in [0.25, 0.3) is 0 Å². The molecule has 0 heterocycles. The van der Waals surface area contributed by atoms with E-state index in [2.05, 4.69) is 4.99 Å². The van der Waals surface area contributed by atoms with Gasteiger partial charge in [-0.2, -0.15) is 0 Å². The average molecular weight is 243 g/mol. The van der Waals surface area contributed by atoms with Crippen molar-refractivity contribution < 1.29 is 9.13 Å². The molecule has 0 amide bonds. The number of halogens is 1. The zero-order valence-corrected chi connectivity index (χ0v) is 10.1. The lowest BCUT2D eigenvalue weighted by molar-refractivity contribution is 0.306. The quantitative estimate of drug-likeness (QED) is 0.754. The van der Waals surface area contributed by atoms with Crippen molar-refractivity contribution in [3.05, 3.63) is 65.5 Å². The fraction of sp³-hybridized carbons (Fsp3) is 0.133. The molecule has 0 fully saturated rings. The fourth-order valence-electron chi connectivity index (χ4n) is 1.55. The first kappa shape index (κ1) is 12.3. The summed E-state index contributed by atoms with van der Waals surface area (Å²) in [5.74, 6) is 0.550. The van der Waals surface area contributed by atoms with E-state index in [1.807, 2.05) is 24.3 Å². The van der Waals surface area contributed by atoms with Gasteiger partial charge in [-0.15, -0.1) is 0 Å². The van der Waals surface area contributed by atoms with E-state index in [0.29, 0.717) is 6.61 Å². The third-order valence-electron chi connectivity index (χ3n) is 2.48. The summed E-state index contributed by atoms with van der Waals surface area (Å²) in [5.41, 5.74) is 1.97. The second-order valence-electron chi connectivity index (χ2n) is 3.87. The third-order valence-corrected chi connectivity index (χ3v) is 2.48. The van der Waals surface area contributed by atoms with E-state index in [0.717, 1.165) is 16.9 Å². The predicted molar refractivity (Wildman–Crippen MR) is 70.7 cm³/mol. The van der Waals surface area contributed by atoms with E-state index in [9.17, 15) is 4.39 Å². The molecule has 92 valence electrons. The molecule has 0 bridgehead atoms. The Morgan fingerprint density at radius 2 is 1.72 bits per heavy atom. The summed E-state index contributed by atoms with van der Waals surface area (Å²) in [5, 5.41) is 0. The molecule has 0 atom stereocenters. The lowest BCUT2D eigenvalue weighted by Crippen LogP contribution is -1.95. The van der Waals surface area contributed by atoms with Gasteiger partial charge in [-0.05, 0) is 47.5 Å². The molecule has 0 unspecified atom stereocenters. The molecule has 0 aliphatic heterocycles. The number of hydrogen-bond donors (Lipinski definition) is 0. The van der Waals surface area contributed by atoms with Crippen molar-refractivity contribution in [2.75, 3.05) is 7.05 Å². The summed E-state index contributed by atoms with van der Waals surface area (Å²) in [6.07, 6.45) is 1.78. The van der Waals surface area contributed by atoms with Crippen molar-refractivity contribution in [1.29, 1.82) is 0 Å². The van der Waals surface area contributed by atoms with Crippen LogP contribution in [0, 0.1) is 5.82 Å². The topological polar surface area (TPSA) is 21.6 Å². The van der Waals surface area contributed by atoms with Gasteiger partial charge in [0, 0.05) is 13.3 Å². The van der Waals surface area contributed by atoms with Gasteiger partial charge in [-0.1, -0.05) is 12.1 Å². The van der Waals surface area contributed by atoms with E-state index in [4.69, 9.17) is 4.74 Å². The lowest BCUT2D eigenvalue weighted by Gasteiger charge is -2.06. The van der Waals surface area contributed by atoms with Crippen LogP contribution in [0.4, 0.5) is 4.39 Å². The lowest BCUT2D eigenvalue weighted by atomic mass is 10.2. The standard InChI is InChI=1S/C15H14FNO/c1-17-10-12-4-8-15(9-5-12)18-11-13-2-6-14(16)7-3-13/h2-10H,11H2,1H3. The van der Waals surface area contributed by atoms with Crippen LogP contribution in [0.1, 0.15) is 11.1 Å². The van der Waals surface area contributed by atoms with Crippen molar-refractivity contribution in [2.24, 2.45) is 4.99 Å². The molecule has 0 aliphatic rings. The van der Waals surface area contributed by atoms with E-state index < -0.39 is 0 Å². The maximum absolute atomic E-state index is 12.7. The Bertz CT molecular complexity index is 517. The molecule has 2 aromatic rings. The van der Waals surface area contributed by atoms with Crippen molar-refractivity contribution in [3.8, 4) is 5.75 Å². The molecule has 2 nitrogen and oxygen atoms in total. The zero-order valence-electron chi connectivity index (χ0n) is 10.1. The van der Waals surface area contributed by atoms with Crippen LogP contribution in [0.15, 0.2) is 53.5 Å². The first-order chi connectivity index (χ1) is 8.78. The molecular weight excluding hydrogens is 229 g/mol. The van der Waals surface area contributed by atoms with Gasteiger partial charge >= 0.3 is 0 Å². The van der Waals surface area contributed by atoms with Crippen LogP contribution >= 0.6 is 0 Å². The highest BCUT2D eigenvalue weighted by atomic mass is 19.1. The maximum atomic E-state index is 12.7. The summed E-state index contributed by atoms with van der Waals surface area (Å²) >= 11 is 0. The Hall–Kier alpha value is -2.16. The van der Waals surface area contributed by atoms with Gasteiger partial charge in [-0.25, -0.2) is 4.39 Å². The van der Waals surface area contributed by atoms with Crippen LogP contribution < -0.4 is 4.74 Å². The first-order valence-corrected chi connectivity index (χ1v) is 5.67. The second kappa shape index (κ2) is 5.96. The van der Waals surface area contributed by atoms with Gasteiger partial charge in [0.15, 0.2) is 0 Å². The molecule has 2 aromatic carbocycles. The SMILES string of the molecule is CN=Cc1ccc(OCc2ccc(F)cc2)cc1. The molecule has 2 rings (SSSR count). The summed E-state index contributed by atoms with van der Waals surface area (Å²) < 4.78 is 18.3. The van der Waals surface area contributed by atoms with E-state index in [-0.39, 0.29) is 5.82 Å². The number of rotatable bonds is 4. The number of aliphatic imine (C=N–C) groups is 1. The van der Waals surface area contributed by atoms with E-state index in [1.54, 1.807) is 25.4 Å². The van der Waals surface area contributed by atoms with Crippen LogP contribution in [0.5, 0.6) is 5.75 Å². The Labute approximate surface area is 106 Å². The minimum absolute atomic E-state index is 0.234. The van der Waals surface area contributed by atoms with Crippen LogP contribution in [0.3, 0.4) is 0 Å². The minimum Gasteiger partial charge on any atom is -0.489 e. The molecule has 0 saturated carbocycles. The molecule has 3 heteroatoms. The van der Waals surface area contributed by atoms with Crippen molar-refractivity contribution in [3.63, 3.8) is 0 Å². The Morgan fingerprint density at radius 1 is 1.06 bits per heavy atom. The number of nitrogens with zero attached hydrogens (tertiary/aromatic N) is 1. The Kier molecular flexibility index (Phi) is 4.07. The highest BCUT2D eigenvalue weighted by molar-refractivity contribution is 5.79. The second-order valence-corrected chi connectivity index (χ2v) is 3.87. The van der Waals surface area contributed by atoms with E-state index in [1.165, 1.54) is 12.1 Å². The number of ether oxygens (including phenoxy) is 1. The van der Waals surface area contributed by atoms with Crippen LogP contribution in [0.25, 0.3) is 0 Å². The molecular formula is C15H14FNO. The van der Waals surface area contributed by atoms with Crippen LogP contribution in [-0.4, -0.2) is 13.3 Å². The minimum atomic E-state index is -0.234. The fourth-order valence-corrected chi connectivity index (χ4v) is 1.55. The van der Waals surface area contributed by atoms with Gasteiger partial charge < -0.3 is 4.74 Å².